The minimum absolute atomic E-state index is 0.0758. The van der Waals surface area contributed by atoms with Gasteiger partial charge < -0.3 is 25.0 Å². The number of carboxylic acid groups (broad SMARTS) is 1. The van der Waals surface area contributed by atoms with Crippen molar-refractivity contribution in [3.63, 3.8) is 0 Å². The van der Waals surface area contributed by atoms with Crippen molar-refractivity contribution in [2.45, 2.75) is 51.4 Å². The fourth-order valence-electron chi connectivity index (χ4n) is 4.10. The molecule has 230 valence electrons. The highest BCUT2D eigenvalue weighted by Crippen LogP contribution is 2.27. The number of halogens is 2. The van der Waals surface area contributed by atoms with E-state index in [1.165, 1.54) is 25.3 Å². The number of ether oxygens (including phenoxy) is 1. The average molecular weight is 635 g/mol. The fourth-order valence-corrected chi connectivity index (χ4v) is 5.41. The number of hydrogen-bond acceptors (Lipinski definition) is 9. The highest BCUT2D eigenvalue weighted by Gasteiger charge is 2.30. The van der Waals surface area contributed by atoms with Gasteiger partial charge in [-0.1, -0.05) is 36.7 Å². The minimum Gasteiger partial charge on any atom is -0.496 e. The van der Waals surface area contributed by atoms with Crippen LogP contribution in [-0.2, 0) is 31.4 Å². The lowest BCUT2D eigenvalue weighted by atomic mass is 10.0. The maximum atomic E-state index is 14.1. The number of rotatable bonds is 15. The molecule has 0 radical (unpaired) electrons. The Balaban J connectivity index is 1.67. The number of benzene rings is 2. The lowest BCUT2D eigenvalue weighted by Crippen LogP contribution is -2.54. The van der Waals surface area contributed by atoms with Gasteiger partial charge >= 0.3 is 5.97 Å². The van der Waals surface area contributed by atoms with E-state index in [9.17, 15) is 28.7 Å². The number of methoxy groups -OCH3 is 1. The van der Waals surface area contributed by atoms with Crippen molar-refractivity contribution in [1.82, 2.24) is 20.8 Å². The number of aromatic nitrogens is 2. The van der Waals surface area contributed by atoms with Gasteiger partial charge in [0, 0.05) is 27.5 Å². The molecule has 3 rings (SSSR count). The van der Waals surface area contributed by atoms with Crippen molar-refractivity contribution in [3.05, 3.63) is 64.2 Å². The summed E-state index contributed by atoms with van der Waals surface area (Å²) in [6.45, 7) is 5.08. The third-order valence-electron chi connectivity index (χ3n) is 6.31. The molecule has 0 fully saturated rings. The number of aliphatic carboxylic acids is 1. The number of nitrogens with one attached hydrogen (secondary N) is 2. The Morgan fingerprint density at radius 1 is 1.16 bits per heavy atom. The molecule has 2 atom stereocenters. The lowest BCUT2D eigenvalue weighted by molar-refractivity contribution is -0.140. The number of carbonyl (C=O) groups is 4. The van der Waals surface area contributed by atoms with Gasteiger partial charge in [-0.05, 0) is 43.2 Å². The van der Waals surface area contributed by atoms with Crippen LogP contribution < -0.4 is 15.4 Å². The summed E-state index contributed by atoms with van der Waals surface area (Å²) in [5, 5.41) is 18.5. The van der Waals surface area contributed by atoms with Crippen molar-refractivity contribution in [3.8, 4) is 17.2 Å². The Labute approximate surface area is 256 Å². The van der Waals surface area contributed by atoms with Crippen LogP contribution in [0.5, 0.6) is 5.75 Å². The fraction of sp³-hybridized carbons (Fsp3) is 0.379. The third-order valence-corrected chi connectivity index (χ3v) is 7.64. The first-order chi connectivity index (χ1) is 20.4. The number of nitrogens with zero attached hydrogens (tertiary/aromatic N) is 2. The molecule has 1 aromatic heterocycles. The molecule has 0 saturated carbocycles. The molecular formula is C29H32ClFN4O7S. The van der Waals surface area contributed by atoms with Gasteiger partial charge in [-0.25, -0.2) is 4.39 Å². The Kier molecular flexibility index (Phi) is 12.1. The van der Waals surface area contributed by atoms with Crippen molar-refractivity contribution >= 4 is 46.9 Å². The van der Waals surface area contributed by atoms with Gasteiger partial charge in [0.25, 0.3) is 5.89 Å². The summed E-state index contributed by atoms with van der Waals surface area (Å²) in [5.41, 5.74) is 1.30. The topological polar surface area (TPSA) is 161 Å². The Hall–Kier alpha value is -3.97. The van der Waals surface area contributed by atoms with Crippen molar-refractivity contribution in [2.24, 2.45) is 5.92 Å². The summed E-state index contributed by atoms with van der Waals surface area (Å²) < 4.78 is 24.6. The highest BCUT2D eigenvalue weighted by molar-refractivity contribution is 7.99. The van der Waals surface area contributed by atoms with Crippen LogP contribution in [0, 0.1) is 18.7 Å². The number of hydrogen-bond donors (Lipinski definition) is 3. The van der Waals surface area contributed by atoms with Crippen molar-refractivity contribution < 1.29 is 37.9 Å². The van der Waals surface area contributed by atoms with Crippen LogP contribution in [0.3, 0.4) is 0 Å². The zero-order chi connectivity index (χ0) is 31.7. The molecule has 43 heavy (non-hydrogen) atoms. The van der Waals surface area contributed by atoms with E-state index in [1.54, 1.807) is 39.0 Å². The van der Waals surface area contributed by atoms with Crippen molar-refractivity contribution in [2.75, 3.05) is 12.9 Å². The Bertz CT molecular complexity index is 1460. The summed E-state index contributed by atoms with van der Waals surface area (Å²) in [7, 11) is 1.46. The molecule has 3 N–H and O–H groups in total. The molecule has 0 spiro atoms. The largest absolute Gasteiger partial charge is 0.496 e. The number of aryl methyl sites for hydroxylation is 1. The first-order valence-corrected chi connectivity index (χ1v) is 14.7. The molecule has 11 nitrogen and oxygen atoms in total. The molecular weight excluding hydrogens is 603 g/mol. The first-order valence-electron chi connectivity index (χ1n) is 13.2. The predicted molar refractivity (Wildman–Crippen MR) is 158 cm³/mol. The third kappa shape index (κ3) is 9.52. The van der Waals surface area contributed by atoms with E-state index in [-0.39, 0.29) is 34.4 Å². The molecule has 2 amide bonds. The van der Waals surface area contributed by atoms with E-state index in [0.717, 1.165) is 11.8 Å². The van der Waals surface area contributed by atoms with Crippen LogP contribution in [0.15, 0.2) is 40.9 Å². The maximum absolute atomic E-state index is 14.1. The zero-order valence-corrected chi connectivity index (χ0v) is 25.6. The van der Waals surface area contributed by atoms with E-state index in [2.05, 4.69) is 20.8 Å². The second kappa shape index (κ2) is 15.5. The van der Waals surface area contributed by atoms with E-state index >= 15 is 0 Å². The minimum atomic E-state index is -1.36. The van der Waals surface area contributed by atoms with Crippen molar-refractivity contribution in [1.29, 1.82) is 0 Å². The molecule has 14 heteroatoms. The normalized spacial score (nSPS) is 12.4. The SMILES string of the molecule is COc1ccc(-c2nc(C)no2)cc1CC(=O)NC(C(=O)NC(CC(=O)O)C(=O)CSCc1c(F)cccc1Cl)C(C)C. The molecule has 1 heterocycles. The van der Waals surface area contributed by atoms with Crippen LogP contribution in [-0.4, -0.2) is 63.8 Å². The lowest BCUT2D eigenvalue weighted by Gasteiger charge is -2.25. The van der Waals surface area contributed by atoms with Gasteiger partial charge in [-0.2, -0.15) is 4.98 Å². The number of carbonyl (C=O) groups excluding carboxylic acids is 3. The molecule has 3 aromatic rings. The van der Waals surface area contributed by atoms with Crippen LogP contribution in [0.2, 0.25) is 5.02 Å². The van der Waals surface area contributed by atoms with E-state index < -0.39 is 53.8 Å². The number of ketones is 1. The smallest absolute Gasteiger partial charge is 0.305 e. The maximum Gasteiger partial charge on any atom is 0.305 e. The van der Waals surface area contributed by atoms with Crippen LogP contribution in [0.25, 0.3) is 11.5 Å². The predicted octanol–water partition coefficient (Wildman–Crippen LogP) is 3.99. The monoisotopic (exact) mass is 634 g/mol. The highest BCUT2D eigenvalue weighted by atomic mass is 35.5. The number of carboxylic acids is 1. The first kappa shape index (κ1) is 33.5. The average Bonchev–Trinajstić information content (AvgIpc) is 3.38. The molecule has 0 aliphatic carbocycles. The van der Waals surface area contributed by atoms with Gasteiger partial charge in [0.1, 0.15) is 17.6 Å². The zero-order valence-electron chi connectivity index (χ0n) is 24.0. The van der Waals surface area contributed by atoms with Gasteiger partial charge in [0.15, 0.2) is 11.6 Å². The van der Waals surface area contributed by atoms with E-state index in [4.69, 9.17) is 20.9 Å². The van der Waals surface area contributed by atoms with Gasteiger partial charge in [0.05, 0.1) is 31.7 Å². The molecule has 0 aliphatic heterocycles. The second-order valence-corrected chi connectivity index (χ2v) is 11.4. The number of Topliss-reactive ketones (excluding diaryl/α,β-unsaturated/α-hetero) is 1. The molecule has 0 saturated heterocycles. The van der Waals surface area contributed by atoms with E-state index in [0.29, 0.717) is 22.7 Å². The number of amides is 2. The summed E-state index contributed by atoms with van der Waals surface area (Å²) in [6.07, 6.45) is -0.823. The molecule has 2 unspecified atom stereocenters. The standard InChI is InChI=1S/C29H32ClFN4O7S/c1-15(2)27(34-25(37)11-18-10-17(8-9-24(18)41-4)29-32-16(3)35-42-29)28(40)33-22(12-26(38)39)23(36)14-43-13-19-20(30)6-5-7-21(19)31/h5-10,15,22,27H,11-14H2,1-4H3,(H,33,40)(H,34,37)(H,38,39). The molecule has 0 aliphatic rings. The Morgan fingerprint density at radius 2 is 1.91 bits per heavy atom. The second-order valence-electron chi connectivity index (χ2n) is 9.96. The summed E-state index contributed by atoms with van der Waals surface area (Å²) in [5.74, 6) is -2.99. The molecule has 2 aromatic carbocycles. The van der Waals surface area contributed by atoms with Crippen LogP contribution in [0.4, 0.5) is 4.39 Å². The summed E-state index contributed by atoms with van der Waals surface area (Å²) in [6, 6.07) is 6.84. The quantitative estimate of drug-likeness (QED) is 0.223. The van der Waals surface area contributed by atoms with Gasteiger partial charge in [-0.3, -0.25) is 19.2 Å². The van der Waals surface area contributed by atoms with E-state index in [1.807, 2.05) is 0 Å². The Morgan fingerprint density at radius 3 is 2.51 bits per heavy atom. The number of thioether (sulfide) groups is 1. The van der Waals surface area contributed by atoms with Gasteiger partial charge in [0.2, 0.25) is 11.8 Å². The summed E-state index contributed by atoms with van der Waals surface area (Å²) in [4.78, 5) is 54.9. The van der Waals surface area contributed by atoms with Gasteiger partial charge in [-0.15, -0.1) is 11.8 Å². The molecule has 0 bridgehead atoms. The van der Waals surface area contributed by atoms with Crippen LogP contribution >= 0.6 is 23.4 Å². The summed E-state index contributed by atoms with van der Waals surface area (Å²) >= 11 is 7.07. The van der Waals surface area contributed by atoms with Crippen LogP contribution in [0.1, 0.15) is 37.2 Å².